The molecule has 1 aromatic carbocycles. The van der Waals surface area contributed by atoms with Gasteiger partial charge in [-0.2, -0.15) is 0 Å². The molecule has 0 radical (unpaired) electrons. The van der Waals surface area contributed by atoms with Crippen LogP contribution in [0.1, 0.15) is 36.2 Å². The maximum atomic E-state index is 5.87. The van der Waals surface area contributed by atoms with Crippen LogP contribution in [0.5, 0.6) is 0 Å². The summed E-state index contributed by atoms with van der Waals surface area (Å²) in [5.41, 5.74) is 3.80. The first-order valence-corrected chi connectivity index (χ1v) is 8.45. The Labute approximate surface area is 129 Å². The lowest BCUT2D eigenvalue weighted by atomic mass is 9.93. The molecule has 20 heavy (non-hydrogen) atoms. The molecule has 0 bridgehead atoms. The number of hydrogen-bond acceptors (Lipinski definition) is 3. The number of benzene rings is 1. The molecule has 2 atom stereocenters. The molecular formula is C16H19ClN2S. The highest BCUT2D eigenvalue weighted by Crippen LogP contribution is 2.36. The lowest BCUT2D eigenvalue weighted by molar-refractivity contribution is 0.499. The van der Waals surface area contributed by atoms with Gasteiger partial charge in [-0.3, -0.25) is 0 Å². The monoisotopic (exact) mass is 306 g/mol. The molecule has 106 valence electrons. The van der Waals surface area contributed by atoms with Crippen molar-refractivity contribution in [3.8, 4) is 0 Å². The highest BCUT2D eigenvalue weighted by molar-refractivity contribution is 7.09. The highest BCUT2D eigenvalue weighted by Gasteiger charge is 2.27. The Bertz CT molecular complexity index is 596. The molecule has 1 aromatic heterocycles. The molecule has 2 nitrogen and oxygen atoms in total. The predicted octanol–water partition coefficient (Wildman–Crippen LogP) is 4.64. The van der Waals surface area contributed by atoms with Crippen LogP contribution in [0.2, 0.25) is 0 Å². The zero-order chi connectivity index (χ0) is 14.1. The maximum Gasteiger partial charge on any atom is 0.115 e. The second kappa shape index (κ2) is 5.74. The summed E-state index contributed by atoms with van der Waals surface area (Å²) >= 11 is 7.58. The van der Waals surface area contributed by atoms with Crippen LogP contribution >= 0.6 is 22.9 Å². The van der Waals surface area contributed by atoms with Gasteiger partial charge in [0.1, 0.15) is 5.01 Å². The molecule has 0 amide bonds. The quantitative estimate of drug-likeness (QED) is 0.768. The molecule has 2 heterocycles. The third-order valence-corrected chi connectivity index (χ3v) is 5.25. The lowest BCUT2D eigenvalue weighted by Crippen LogP contribution is -2.36. The van der Waals surface area contributed by atoms with Gasteiger partial charge in [0, 0.05) is 17.6 Å². The largest absolute Gasteiger partial charge is 0.362 e. The van der Waals surface area contributed by atoms with Crippen molar-refractivity contribution in [2.45, 2.75) is 32.2 Å². The van der Waals surface area contributed by atoms with E-state index < -0.39 is 0 Å². The van der Waals surface area contributed by atoms with Crippen molar-refractivity contribution in [3.63, 3.8) is 0 Å². The van der Waals surface area contributed by atoms with Crippen molar-refractivity contribution in [2.24, 2.45) is 5.92 Å². The Balaban J connectivity index is 1.93. The van der Waals surface area contributed by atoms with E-state index in [4.69, 9.17) is 11.6 Å². The Hall–Kier alpha value is -1.06. The van der Waals surface area contributed by atoms with E-state index in [9.17, 15) is 0 Å². The first kappa shape index (κ1) is 13.9. The van der Waals surface area contributed by atoms with Crippen LogP contribution in [-0.2, 0) is 12.3 Å². The van der Waals surface area contributed by atoms with E-state index in [1.54, 1.807) is 11.3 Å². The zero-order valence-corrected chi connectivity index (χ0v) is 13.4. The first-order chi connectivity index (χ1) is 9.69. The van der Waals surface area contributed by atoms with Gasteiger partial charge in [0.2, 0.25) is 0 Å². The number of alkyl halides is 1. The van der Waals surface area contributed by atoms with Gasteiger partial charge in [-0.05, 0) is 30.9 Å². The van der Waals surface area contributed by atoms with E-state index in [0.717, 1.165) is 17.2 Å². The SMILES string of the molecule is CC1Cc2ccccc2N(C(C)c2nc(CCl)cs2)C1. The number of fused-ring (bicyclic) bond motifs is 1. The van der Waals surface area contributed by atoms with Gasteiger partial charge in [0.25, 0.3) is 0 Å². The van der Waals surface area contributed by atoms with Gasteiger partial charge in [0.05, 0.1) is 17.6 Å². The van der Waals surface area contributed by atoms with E-state index in [0.29, 0.717) is 17.8 Å². The van der Waals surface area contributed by atoms with Crippen molar-refractivity contribution >= 4 is 28.6 Å². The fourth-order valence-corrected chi connectivity index (χ4v) is 4.03. The van der Waals surface area contributed by atoms with Gasteiger partial charge < -0.3 is 4.90 Å². The van der Waals surface area contributed by atoms with Gasteiger partial charge in [-0.15, -0.1) is 22.9 Å². The number of anilines is 1. The third-order valence-electron chi connectivity index (χ3n) is 3.91. The van der Waals surface area contributed by atoms with Gasteiger partial charge in [0.15, 0.2) is 0 Å². The van der Waals surface area contributed by atoms with Gasteiger partial charge in [-0.1, -0.05) is 25.1 Å². The lowest BCUT2D eigenvalue weighted by Gasteiger charge is -2.38. The Kier molecular flexibility index (Phi) is 3.99. The van der Waals surface area contributed by atoms with Crippen molar-refractivity contribution in [1.82, 2.24) is 4.98 Å². The molecule has 0 aliphatic carbocycles. The summed E-state index contributed by atoms with van der Waals surface area (Å²) in [5.74, 6) is 1.18. The molecule has 4 heteroatoms. The normalized spacial score (nSPS) is 19.8. The molecule has 3 rings (SSSR count). The number of halogens is 1. The molecule has 0 spiro atoms. The minimum Gasteiger partial charge on any atom is -0.362 e. The summed E-state index contributed by atoms with van der Waals surface area (Å²) < 4.78 is 0. The second-order valence-corrected chi connectivity index (χ2v) is 6.73. The summed E-state index contributed by atoms with van der Waals surface area (Å²) in [7, 11) is 0. The highest BCUT2D eigenvalue weighted by atomic mass is 35.5. The molecule has 1 aliphatic heterocycles. The Morgan fingerprint density at radius 3 is 3.00 bits per heavy atom. The molecule has 0 saturated heterocycles. The van der Waals surface area contributed by atoms with Gasteiger partial charge >= 0.3 is 0 Å². The van der Waals surface area contributed by atoms with Crippen LogP contribution in [0, 0.1) is 5.92 Å². The van der Waals surface area contributed by atoms with Crippen LogP contribution in [0.15, 0.2) is 29.6 Å². The molecule has 2 unspecified atom stereocenters. The van der Waals surface area contributed by atoms with Crippen LogP contribution in [-0.4, -0.2) is 11.5 Å². The molecule has 0 N–H and O–H groups in total. The molecule has 1 aliphatic rings. The number of rotatable bonds is 3. The van der Waals surface area contributed by atoms with Crippen LogP contribution in [0.3, 0.4) is 0 Å². The van der Waals surface area contributed by atoms with Crippen LogP contribution < -0.4 is 4.90 Å². The van der Waals surface area contributed by atoms with Crippen molar-refractivity contribution in [2.75, 3.05) is 11.4 Å². The molecule has 0 saturated carbocycles. The molecular weight excluding hydrogens is 288 g/mol. The summed E-state index contributed by atoms with van der Waals surface area (Å²) in [6, 6.07) is 9.04. The van der Waals surface area contributed by atoms with Crippen molar-refractivity contribution in [1.29, 1.82) is 0 Å². The summed E-state index contributed by atoms with van der Waals surface area (Å²) in [6.45, 7) is 5.65. The van der Waals surface area contributed by atoms with E-state index in [-0.39, 0.29) is 0 Å². The summed E-state index contributed by atoms with van der Waals surface area (Å²) in [5, 5.41) is 3.22. The van der Waals surface area contributed by atoms with Crippen molar-refractivity contribution < 1.29 is 0 Å². The fraction of sp³-hybridized carbons (Fsp3) is 0.438. The van der Waals surface area contributed by atoms with E-state index in [1.807, 2.05) is 0 Å². The van der Waals surface area contributed by atoms with E-state index in [1.165, 1.54) is 17.7 Å². The number of thiazole rings is 1. The Morgan fingerprint density at radius 2 is 2.25 bits per heavy atom. The minimum absolute atomic E-state index is 0.306. The first-order valence-electron chi connectivity index (χ1n) is 7.04. The van der Waals surface area contributed by atoms with E-state index >= 15 is 0 Å². The van der Waals surface area contributed by atoms with Crippen molar-refractivity contribution in [3.05, 3.63) is 45.9 Å². The smallest absolute Gasteiger partial charge is 0.115 e. The summed E-state index contributed by atoms with van der Waals surface area (Å²) in [4.78, 5) is 7.13. The fourth-order valence-electron chi connectivity index (χ4n) is 2.91. The predicted molar refractivity (Wildman–Crippen MR) is 86.7 cm³/mol. The van der Waals surface area contributed by atoms with Gasteiger partial charge in [-0.25, -0.2) is 4.98 Å². The topological polar surface area (TPSA) is 16.1 Å². The number of para-hydroxylation sites is 1. The molecule has 2 aromatic rings. The van der Waals surface area contributed by atoms with E-state index in [2.05, 4.69) is 53.4 Å². The standard InChI is InChI=1S/C16H19ClN2S/c1-11-7-13-5-3-4-6-15(13)19(9-11)12(2)16-18-14(8-17)10-20-16/h3-6,10-12H,7-9H2,1-2H3. The van der Waals surface area contributed by atoms with Crippen LogP contribution in [0.4, 0.5) is 5.69 Å². The Morgan fingerprint density at radius 1 is 1.45 bits per heavy atom. The third kappa shape index (κ3) is 2.57. The van der Waals surface area contributed by atoms with Crippen LogP contribution in [0.25, 0.3) is 0 Å². The number of nitrogens with zero attached hydrogens (tertiary/aromatic N) is 2. The minimum atomic E-state index is 0.306. The maximum absolute atomic E-state index is 5.87. The second-order valence-electron chi connectivity index (χ2n) is 5.58. The number of aromatic nitrogens is 1. The summed E-state index contributed by atoms with van der Waals surface area (Å²) in [6.07, 6.45) is 1.17. The average Bonchev–Trinajstić information content (AvgIpc) is 2.94. The average molecular weight is 307 g/mol. The zero-order valence-electron chi connectivity index (χ0n) is 11.8. The molecule has 0 fully saturated rings. The number of hydrogen-bond donors (Lipinski definition) is 0.